The number of carbonyl (C=O) groups is 1. The molecule has 21 heavy (non-hydrogen) atoms. The molecule has 3 aromatic rings. The molecular formula is C16H14N2O3. The number of ketones is 1. The summed E-state index contributed by atoms with van der Waals surface area (Å²) in [6, 6.07) is 10.9. The molecule has 0 N–H and O–H groups in total. The average molecular weight is 282 g/mol. The Bertz CT molecular complexity index is 759. The lowest BCUT2D eigenvalue weighted by atomic mass is 9.99. The molecule has 0 aliphatic carbocycles. The number of hydrogen-bond donors (Lipinski definition) is 0. The molecule has 0 aliphatic heterocycles. The number of aryl methyl sites for hydroxylation is 1. The van der Waals surface area contributed by atoms with Crippen LogP contribution in [0.2, 0.25) is 0 Å². The normalized spacial score (nSPS) is 12.3. The summed E-state index contributed by atoms with van der Waals surface area (Å²) >= 11 is 0. The predicted molar refractivity (Wildman–Crippen MR) is 75.9 cm³/mol. The summed E-state index contributed by atoms with van der Waals surface area (Å²) in [7, 11) is 0. The molecule has 0 bridgehead atoms. The first-order valence-electron chi connectivity index (χ1n) is 6.64. The predicted octanol–water partition coefficient (Wildman–Crippen LogP) is 3.62. The highest BCUT2D eigenvalue weighted by atomic mass is 16.5. The lowest BCUT2D eigenvalue weighted by molar-refractivity contribution is 0.0951. The van der Waals surface area contributed by atoms with Gasteiger partial charge in [-0.15, -0.1) is 0 Å². The van der Waals surface area contributed by atoms with Gasteiger partial charge in [0, 0.05) is 5.56 Å². The summed E-state index contributed by atoms with van der Waals surface area (Å²) < 4.78 is 10.5. The molecule has 1 unspecified atom stereocenters. The number of Topliss-reactive ketones (excluding diaryl/α,β-unsaturated/α-hetero) is 1. The fourth-order valence-corrected chi connectivity index (χ4v) is 2.07. The van der Waals surface area contributed by atoms with Crippen molar-refractivity contribution in [1.82, 2.24) is 10.1 Å². The second-order valence-electron chi connectivity index (χ2n) is 4.84. The number of furan rings is 1. The van der Waals surface area contributed by atoms with Gasteiger partial charge in [-0.05, 0) is 25.5 Å². The van der Waals surface area contributed by atoms with E-state index in [9.17, 15) is 4.79 Å². The van der Waals surface area contributed by atoms with Crippen LogP contribution in [0.5, 0.6) is 0 Å². The number of benzene rings is 1. The number of nitrogens with zero attached hydrogens (tertiary/aromatic N) is 2. The van der Waals surface area contributed by atoms with Crippen LogP contribution in [0.4, 0.5) is 0 Å². The number of aromatic nitrogens is 2. The minimum atomic E-state index is -0.496. The maximum atomic E-state index is 12.4. The summed E-state index contributed by atoms with van der Waals surface area (Å²) in [5.74, 6) is 0.658. The van der Waals surface area contributed by atoms with Crippen LogP contribution in [-0.2, 0) is 0 Å². The molecule has 0 spiro atoms. The summed E-state index contributed by atoms with van der Waals surface area (Å²) in [6.07, 6.45) is 1.57. The second kappa shape index (κ2) is 5.36. The van der Waals surface area contributed by atoms with E-state index in [0.29, 0.717) is 17.1 Å². The van der Waals surface area contributed by atoms with Crippen LogP contribution in [0, 0.1) is 6.92 Å². The summed E-state index contributed by atoms with van der Waals surface area (Å²) in [5, 5.41) is 3.88. The van der Waals surface area contributed by atoms with Crippen molar-refractivity contribution >= 4 is 5.78 Å². The van der Waals surface area contributed by atoms with Gasteiger partial charge >= 0.3 is 0 Å². The molecule has 1 atom stereocenters. The highest BCUT2D eigenvalue weighted by molar-refractivity contribution is 6.00. The van der Waals surface area contributed by atoms with Crippen molar-refractivity contribution in [3.8, 4) is 11.6 Å². The Morgan fingerprint density at radius 2 is 1.95 bits per heavy atom. The third kappa shape index (κ3) is 2.50. The maximum Gasteiger partial charge on any atom is 0.238 e. The van der Waals surface area contributed by atoms with Crippen LogP contribution in [0.15, 0.2) is 51.6 Å². The molecule has 2 aromatic heterocycles. The molecular weight excluding hydrogens is 268 g/mol. The lowest BCUT2D eigenvalue weighted by Gasteiger charge is -2.04. The highest BCUT2D eigenvalue weighted by Gasteiger charge is 2.24. The van der Waals surface area contributed by atoms with E-state index in [-0.39, 0.29) is 11.7 Å². The smallest absolute Gasteiger partial charge is 0.238 e. The van der Waals surface area contributed by atoms with E-state index in [4.69, 9.17) is 8.94 Å². The van der Waals surface area contributed by atoms with Crippen LogP contribution in [-0.4, -0.2) is 15.9 Å². The summed E-state index contributed by atoms with van der Waals surface area (Å²) in [6.45, 7) is 3.65. The first-order chi connectivity index (χ1) is 10.2. The molecule has 2 heterocycles. The van der Waals surface area contributed by atoms with Gasteiger partial charge in [-0.1, -0.05) is 35.5 Å². The van der Waals surface area contributed by atoms with E-state index in [1.807, 2.05) is 31.2 Å². The van der Waals surface area contributed by atoms with Gasteiger partial charge in [0.05, 0.1) is 12.2 Å². The van der Waals surface area contributed by atoms with E-state index in [1.165, 1.54) is 0 Å². The van der Waals surface area contributed by atoms with Crippen LogP contribution in [0.25, 0.3) is 11.6 Å². The molecule has 0 aliphatic rings. The maximum absolute atomic E-state index is 12.4. The van der Waals surface area contributed by atoms with Crippen molar-refractivity contribution in [3.05, 3.63) is 59.7 Å². The zero-order valence-electron chi connectivity index (χ0n) is 11.7. The van der Waals surface area contributed by atoms with Gasteiger partial charge in [0.15, 0.2) is 11.5 Å². The summed E-state index contributed by atoms with van der Waals surface area (Å²) in [4.78, 5) is 16.6. The molecule has 0 fully saturated rings. The molecule has 0 amide bonds. The van der Waals surface area contributed by atoms with Gasteiger partial charge in [0.2, 0.25) is 11.7 Å². The molecule has 1 aromatic carbocycles. The van der Waals surface area contributed by atoms with E-state index in [0.717, 1.165) is 5.56 Å². The van der Waals surface area contributed by atoms with E-state index >= 15 is 0 Å². The van der Waals surface area contributed by atoms with Gasteiger partial charge in [-0.3, -0.25) is 4.79 Å². The third-order valence-electron chi connectivity index (χ3n) is 3.33. The van der Waals surface area contributed by atoms with E-state index < -0.39 is 5.92 Å². The topological polar surface area (TPSA) is 69.1 Å². The number of hydrogen-bond acceptors (Lipinski definition) is 5. The average Bonchev–Trinajstić information content (AvgIpc) is 3.15. The Balaban J connectivity index is 1.86. The van der Waals surface area contributed by atoms with Crippen LogP contribution >= 0.6 is 0 Å². The van der Waals surface area contributed by atoms with Crippen molar-refractivity contribution in [2.45, 2.75) is 19.8 Å². The highest BCUT2D eigenvalue weighted by Crippen LogP contribution is 2.25. The van der Waals surface area contributed by atoms with E-state index in [1.54, 1.807) is 25.3 Å². The molecule has 0 radical (unpaired) electrons. The molecule has 106 valence electrons. The Kier molecular flexibility index (Phi) is 3.39. The zero-order valence-corrected chi connectivity index (χ0v) is 11.7. The second-order valence-corrected chi connectivity index (χ2v) is 4.84. The first kappa shape index (κ1) is 13.3. The Hall–Kier alpha value is -2.69. The van der Waals surface area contributed by atoms with Crippen molar-refractivity contribution in [2.24, 2.45) is 0 Å². The zero-order chi connectivity index (χ0) is 14.8. The fourth-order valence-electron chi connectivity index (χ4n) is 2.07. The Labute approximate surface area is 121 Å². The van der Waals surface area contributed by atoms with Gasteiger partial charge in [0.25, 0.3) is 0 Å². The third-order valence-corrected chi connectivity index (χ3v) is 3.33. The number of carbonyl (C=O) groups excluding carboxylic acids is 1. The first-order valence-corrected chi connectivity index (χ1v) is 6.64. The Morgan fingerprint density at radius 3 is 2.62 bits per heavy atom. The molecule has 5 nitrogen and oxygen atoms in total. The molecule has 0 saturated heterocycles. The van der Waals surface area contributed by atoms with Crippen molar-refractivity contribution < 1.29 is 13.7 Å². The van der Waals surface area contributed by atoms with Crippen LogP contribution in [0.3, 0.4) is 0 Å². The van der Waals surface area contributed by atoms with Gasteiger partial charge in [-0.25, -0.2) is 0 Å². The van der Waals surface area contributed by atoms with Crippen molar-refractivity contribution in [2.75, 3.05) is 0 Å². The lowest BCUT2D eigenvalue weighted by Crippen LogP contribution is -2.09. The quantitative estimate of drug-likeness (QED) is 0.683. The van der Waals surface area contributed by atoms with Crippen LogP contribution < -0.4 is 0 Å². The monoisotopic (exact) mass is 282 g/mol. The van der Waals surface area contributed by atoms with Gasteiger partial charge in [0.1, 0.15) is 0 Å². The van der Waals surface area contributed by atoms with Crippen molar-refractivity contribution in [3.63, 3.8) is 0 Å². The van der Waals surface area contributed by atoms with Crippen LogP contribution in [0.1, 0.15) is 34.7 Å². The minimum Gasteiger partial charge on any atom is -0.461 e. The molecule has 0 saturated carbocycles. The molecule has 5 heteroatoms. The van der Waals surface area contributed by atoms with Gasteiger partial charge in [-0.2, -0.15) is 4.98 Å². The minimum absolute atomic E-state index is 0.0537. The van der Waals surface area contributed by atoms with Gasteiger partial charge < -0.3 is 8.94 Å². The SMILES string of the molecule is Cc1ccoc1-c1noc(C(C)C(=O)c2ccccc2)n1. The Morgan fingerprint density at radius 1 is 1.19 bits per heavy atom. The summed E-state index contributed by atoms with van der Waals surface area (Å²) in [5.41, 5.74) is 1.54. The number of rotatable bonds is 4. The standard InChI is InChI=1S/C16H14N2O3/c1-10-8-9-20-14(10)15-17-16(21-18-15)11(2)13(19)12-6-4-3-5-7-12/h3-9,11H,1-2H3. The largest absolute Gasteiger partial charge is 0.461 e. The van der Waals surface area contributed by atoms with E-state index in [2.05, 4.69) is 10.1 Å². The fraction of sp³-hybridized carbons (Fsp3) is 0.188. The molecule has 3 rings (SSSR count). The van der Waals surface area contributed by atoms with Crippen molar-refractivity contribution in [1.29, 1.82) is 0 Å².